The summed E-state index contributed by atoms with van der Waals surface area (Å²) in [5, 5.41) is 9.28. The third kappa shape index (κ3) is 5.28. The maximum atomic E-state index is 13.0. The number of azide groups is 1. The average Bonchev–Trinajstić information content (AvgIpc) is 2.66. The smallest absolute Gasteiger partial charge is 0.255 e. The van der Waals surface area contributed by atoms with E-state index in [0.29, 0.717) is 28.9 Å². The minimum absolute atomic E-state index is 0.123. The van der Waals surface area contributed by atoms with Gasteiger partial charge in [0, 0.05) is 34.0 Å². The van der Waals surface area contributed by atoms with Gasteiger partial charge in [0.25, 0.3) is 5.91 Å². The molecule has 0 aromatic heterocycles. The summed E-state index contributed by atoms with van der Waals surface area (Å²) in [6.07, 6.45) is 0.563. The highest BCUT2D eigenvalue weighted by Gasteiger charge is 2.22. The van der Waals surface area contributed by atoms with E-state index in [-0.39, 0.29) is 17.1 Å². The van der Waals surface area contributed by atoms with Crippen LogP contribution < -0.4 is 10.6 Å². The van der Waals surface area contributed by atoms with E-state index >= 15 is 0 Å². The van der Waals surface area contributed by atoms with Gasteiger partial charge in [-0.15, -0.1) is 0 Å². The Labute approximate surface area is 169 Å². The second-order valence-electron chi connectivity index (χ2n) is 6.33. The van der Waals surface area contributed by atoms with Crippen LogP contribution in [0.2, 0.25) is 0 Å². The molecule has 0 saturated carbocycles. The fourth-order valence-corrected chi connectivity index (χ4v) is 3.19. The molecule has 0 saturated heterocycles. The first kappa shape index (κ1) is 21.3. The molecule has 0 aliphatic heterocycles. The molecule has 28 heavy (non-hydrogen) atoms. The Morgan fingerprint density at radius 2 is 1.75 bits per heavy atom. The Morgan fingerprint density at radius 1 is 1.14 bits per heavy atom. The van der Waals surface area contributed by atoms with Crippen molar-refractivity contribution in [2.75, 3.05) is 10.6 Å². The highest BCUT2D eigenvalue weighted by Crippen LogP contribution is 2.34. The molecule has 0 bridgehead atoms. The molecule has 8 heteroatoms. The molecule has 0 aliphatic rings. The highest BCUT2D eigenvalue weighted by molar-refractivity contribution is 7.80. The van der Waals surface area contributed by atoms with Crippen molar-refractivity contribution in [3.05, 3.63) is 69.6 Å². The number of carbonyl (C=O) groups is 2. The van der Waals surface area contributed by atoms with E-state index < -0.39 is 6.04 Å². The van der Waals surface area contributed by atoms with Crippen molar-refractivity contribution in [2.24, 2.45) is 5.11 Å². The number of anilines is 2. The Hall–Kier alpha value is -2.96. The van der Waals surface area contributed by atoms with Crippen molar-refractivity contribution in [2.45, 2.75) is 38.5 Å². The zero-order valence-electron chi connectivity index (χ0n) is 16.0. The summed E-state index contributed by atoms with van der Waals surface area (Å²) in [6, 6.07) is 11.8. The van der Waals surface area contributed by atoms with Gasteiger partial charge in [0.1, 0.15) is 0 Å². The van der Waals surface area contributed by atoms with E-state index in [2.05, 4.69) is 33.3 Å². The summed E-state index contributed by atoms with van der Waals surface area (Å²) in [5.41, 5.74) is 12.2. The van der Waals surface area contributed by atoms with Gasteiger partial charge < -0.3 is 10.6 Å². The van der Waals surface area contributed by atoms with Gasteiger partial charge in [-0.25, -0.2) is 0 Å². The minimum Gasteiger partial charge on any atom is -0.326 e. The Morgan fingerprint density at radius 3 is 2.25 bits per heavy atom. The zero-order valence-corrected chi connectivity index (χ0v) is 16.9. The molecule has 0 radical (unpaired) electrons. The van der Waals surface area contributed by atoms with Gasteiger partial charge in [-0.2, -0.15) is 12.6 Å². The van der Waals surface area contributed by atoms with E-state index in [1.54, 1.807) is 36.4 Å². The fraction of sp³-hybridized carbons (Fsp3) is 0.300. The fourth-order valence-electron chi connectivity index (χ4n) is 2.96. The number of thiol groups is 1. The maximum absolute atomic E-state index is 13.0. The molecule has 0 fully saturated rings. The molecule has 2 atom stereocenters. The highest BCUT2D eigenvalue weighted by atomic mass is 32.1. The topological polar surface area (TPSA) is 107 Å². The van der Waals surface area contributed by atoms with Crippen molar-refractivity contribution >= 4 is 35.8 Å². The lowest BCUT2D eigenvalue weighted by atomic mass is 9.91. The summed E-state index contributed by atoms with van der Waals surface area (Å²) in [5.74, 6) is -0.465. The number of hydrogen-bond acceptors (Lipinski definition) is 4. The van der Waals surface area contributed by atoms with Crippen LogP contribution in [0.1, 0.15) is 60.0 Å². The predicted molar refractivity (Wildman–Crippen MR) is 115 cm³/mol. The van der Waals surface area contributed by atoms with Crippen LogP contribution >= 0.6 is 12.6 Å². The Bertz CT molecular complexity index is 905. The summed E-state index contributed by atoms with van der Waals surface area (Å²) < 4.78 is 0. The largest absolute Gasteiger partial charge is 0.326 e. The van der Waals surface area contributed by atoms with Crippen LogP contribution in [-0.4, -0.2) is 11.8 Å². The maximum Gasteiger partial charge on any atom is 0.255 e. The van der Waals surface area contributed by atoms with Gasteiger partial charge in [0.2, 0.25) is 5.91 Å². The van der Waals surface area contributed by atoms with Crippen molar-refractivity contribution < 1.29 is 9.59 Å². The molecule has 2 rings (SSSR count). The van der Waals surface area contributed by atoms with Crippen molar-refractivity contribution in [3.8, 4) is 0 Å². The van der Waals surface area contributed by atoms with Gasteiger partial charge in [-0.3, -0.25) is 9.59 Å². The van der Waals surface area contributed by atoms with Crippen LogP contribution in [0.4, 0.5) is 11.4 Å². The van der Waals surface area contributed by atoms with Crippen molar-refractivity contribution in [3.63, 3.8) is 0 Å². The molecule has 0 heterocycles. The van der Waals surface area contributed by atoms with Crippen LogP contribution in [0.5, 0.6) is 0 Å². The first-order valence-corrected chi connectivity index (χ1v) is 9.43. The number of rotatable bonds is 7. The molecule has 7 nitrogen and oxygen atoms in total. The van der Waals surface area contributed by atoms with Crippen LogP contribution in [0, 0.1) is 0 Å². The van der Waals surface area contributed by atoms with E-state index in [0.717, 1.165) is 5.56 Å². The second-order valence-corrected chi connectivity index (χ2v) is 7.10. The van der Waals surface area contributed by atoms with E-state index in [4.69, 9.17) is 5.53 Å². The van der Waals surface area contributed by atoms with Gasteiger partial charge in [0.05, 0.1) is 6.04 Å². The van der Waals surface area contributed by atoms with E-state index in [1.807, 2.05) is 19.9 Å². The number of nitrogens with zero attached hydrogens (tertiary/aromatic N) is 3. The monoisotopic (exact) mass is 397 g/mol. The minimum atomic E-state index is -0.460. The van der Waals surface area contributed by atoms with Crippen molar-refractivity contribution in [1.82, 2.24) is 0 Å². The molecule has 2 N–H and O–H groups in total. The number of benzene rings is 2. The van der Waals surface area contributed by atoms with Crippen molar-refractivity contribution in [1.29, 1.82) is 0 Å². The second kappa shape index (κ2) is 9.82. The summed E-state index contributed by atoms with van der Waals surface area (Å²) in [6.45, 7) is 5.25. The number of carbonyl (C=O) groups excluding carboxylic acids is 2. The zero-order chi connectivity index (χ0) is 20.7. The normalized spacial score (nSPS) is 12.4. The SMILES string of the molecule is CCC(N=[N+]=[N-])c1c(C(=O)Nc2ccc(NC(C)=O)cc2)cccc1C(C)S. The lowest BCUT2D eigenvalue weighted by Gasteiger charge is -2.21. The van der Waals surface area contributed by atoms with Gasteiger partial charge in [0.15, 0.2) is 0 Å². The lowest BCUT2D eigenvalue weighted by molar-refractivity contribution is -0.114. The quantitative estimate of drug-likeness (QED) is 0.243. The first-order chi connectivity index (χ1) is 13.4. The number of hydrogen-bond donors (Lipinski definition) is 3. The average molecular weight is 398 g/mol. The molecule has 0 aliphatic carbocycles. The molecule has 2 amide bonds. The summed E-state index contributed by atoms with van der Waals surface area (Å²) >= 11 is 4.51. The summed E-state index contributed by atoms with van der Waals surface area (Å²) in [7, 11) is 0. The molecule has 2 unspecified atom stereocenters. The Kier molecular flexibility index (Phi) is 7.49. The van der Waals surface area contributed by atoms with Crippen LogP contribution in [0.25, 0.3) is 10.4 Å². The molecule has 2 aromatic rings. The molecule has 2 aromatic carbocycles. The van der Waals surface area contributed by atoms with Crippen LogP contribution in [0.3, 0.4) is 0 Å². The standard InChI is InChI=1S/C20H23N5O2S/c1-4-18(24-25-21)19-16(12(2)28)6-5-7-17(19)20(27)23-15-10-8-14(9-11-15)22-13(3)26/h5-12,18,28H,4H2,1-3H3,(H,22,26)(H,23,27). The summed E-state index contributed by atoms with van der Waals surface area (Å²) in [4.78, 5) is 27.0. The first-order valence-electron chi connectivity index (χ1n) is 8.91. The van der Waals surface area contributed by atoms with Crippen LogP contribution in [-0.2, 0) is 4.79 Å². The Balaban J connectivity index is 2.38. The van der Waals surface area contributed by atoms with E-state index in [1.165, 1.54) is 6.92 Å². The lowest BCUT2D eigenvalue weighted by Crippen LogP contribution is -2.17. The van der Waals surface area contributed by atoms with Gasteiger partial charge in [-0.1, -0.05) is 24.2 Å². The molecular formula is C20H23N5O2S. The molecular weight excluding hydrogens is 374 g/mol. The number of amides is 2. The predicted octanol–water partition coefficient (Wildman–Crippen LogP) is 5.65. The van der Waals surface area contributed by atoms with Gasteiger partial charge >= 0.3 is 0 Å². The third-order valence-corrected chi connectivity index (χ3v) is 4.49. The van der Waals surface area contributed by atoms with E-state index in [9.17, 15) is 9.59 Å². The third-order valence-electron chi connectivity index (χ3n) is 4.21. The van der Waals surface area contributed by atoms with Crippen LogP contribution in [0.15, 0.2) is 47.6 Å². The molecule has 146 valence electrons. The number of nitrogens with one attached hydrogen (secondary N) is 2. The molecule has 0 spiro atoms. The van der Waals surface area contributed by atoms with Gasteiger partial charge in [-0.05, 0) is 60.3 Å².